The number of nitro benzene ring substituents is 1. The van der Waals surface area contributed by atoms with Gasteiger partial charge < -0.3 is 19.5 Å². The molecule has 0 saturated carbocycles. The van der Waals surface area contributed by atoms with E-state index in [-0.39, 0.29) is 17.1 Å². The molecule has 0 aliphatic carbocycles. The fraction of sp³-hybridized carbons (Fsp3) is 0.190. The highest BCUT2D eigenvalue weighted by molar-refractivity contribution is 5.98. The molecule has 0 aliphatic heterocycles. The quantitative estimate of drug-likeness (QED) is 0.347. The summed E-state index contributed by atoms with van der Waals surface area (Å²) in [4.78, 5) is 38.0. The molecule has 0 saturated heterocycles. The molecule has 0 spiro atoms. The average Bonchev–Trinajstić information content (AvgIpc) is 3.16. The highest BCUT2D eigenvalue weighted by atomic mass is 16.6. The molecule has 0 unspecified atom stereocenters. The molecule has 10 nitrogen and oxygen atoms in total. The number of nitrogens with one attached hydrogen (secondary N) is 1. The Morgan fingerprint density at radius 2 is 1.87 bits per heavy atom. The summed E-state index contributed by atoms with van der Waals surface area (Å²) in [7, 11) is 3.31. The Balaban J connectivity index is 1.89. The molecule has 31 heavy (non-hydrogen) atoms. The number of hydrogen-bond acceptors (Lipinski definition) is 8. The Labute approximate surface area is 177 Å². The zero-order chi connectivity index (χ0) is 22.5. The van der Waals surface area contributed by atoms with Crippen LogP contribution in [0.5, 0.6) is 0 Å². The molecular weight excluding hydrogens is 404 g/mol. The first kappa shape index (κ1) is 21.5. The number of carbonyl (C=O) groups is 2. The lowest BCUT2D eigenvalue weighted by Gasteiger charge is -2.18. The number of hydrogen-bond donors (Lipinski definition) is 1. The summed E-state index contributed by atoms with van der Waals surface area (Å²) in [5.41, 5.74) is 0.454. The SMILES string of the molecule is Cc1cc(NC(=O)[C@@H](OC(=O)c2ccc(N(C)C)c([N+](=O)[O-])c2)c2ccccc2)no1. The molecule has 0 bridgehead atoms. The number of esters is 1. The van der Waals surface area contributed by atoms with E-state index in [0.29, 0.717) is 17.0 Å². The van der Waals surface area contributed by atoms with Gasteiger partial charge in [-0.05, 0) is 19.1 Å². The number of carbonyl (C=O) groups excluding carboxylic acids is 2. The maximum absolute atomic E-state index is 12.8. The summed E-state index contributed by atoms with van der Waals surface area (Å²) in [5.74, 6) is -0.858. The highest BCUT2D eigenvalue weighted by Gasteiger charge is 2.28. The molecule has 1 heterocycles. The summed E-state index contributed by atoms with van der Waals surface area (Å²) in [6.45, 7) is 1.67. The van der Waals surface area contributed by atoms with Crippen molar-refractivity contribution in [3.05, 3.63) is 81.6 Å². The molecule has 10 heteroatoms. The lowest BCUT2D eigenvalue weighted by atomic mass is 10.1. The molecule has 1 amide bonds. The van der Waals surface area contributed by atoms with E-state index in [0.717, 1.165) is 6.07 Å². The van der Waals surface area contributed by atoms with Gasteiger partial charge in [0.1, 0.15) is 11.4 Å². The minimum atomic E-state index is -1.31. The minimum absolute atomic E-state index is 0.0525. The second-order valence-electron chi connectivity index (χ2n) is 6.86. The van der Waals surface area contributed by atoms with Crippen molar-refractivity contribution in [2.45, 2.75) is 13.0 Å². The molecule has 160 valence electrons. The van der Waals surface area contributed by atoms with Crippen LogP contribution in [0.15, 0.2) is 59.1 Å². The van der Waals surface area contributed by atoms with Gasteiger partial charge in [-0.15, -0.1) is 0 Å². The summed E-state index contributed by atoms with van der Waals surface area (Å²) in [6.07, 6.45) is -1.31. The number of nitrogens with zero attached hydrogens (tertiary/aromatic N) is 3. The van der Waals surface area contributed by atoms with Crippen LogP contribution in [0.4, 0.5) is 17.2 Å². The van der Waals surface area contributed by atoms with Crippen molar-refractivity contribution in [3.63, 3.8) is 0 Å². The van der Waals surface area contributed by atoms with Gasteiger partial charge in [0.15, 0.2) is 5.82 Å². The highest BCUT2D eigenvalue weighted by Crippen LogP contribution is 2.29. The van der Waals surface area contributed by atoms with E-state index in [1.165, 1.54) is 18.2 Å². The number of aromatic nitrogens is 1. The number of rotatable bonds is 7. The normalized spacial score (nSPS) is 11.5. The maximum atomic E-state index is 12.8. The summed E-state index contributed by atoms with van der Waals surface area (Å²) >= 11 is 0. The van der Waals surface area contributed by atoms with Crippen LogP contribution in [0.1, 0.15) is 27.8 Å². The molecule has 0 radical (unpaired) electrons. The molecule has 1 N–H and O–H groups in total. The van der Waals surface area contributed by atoms with Crippen molar-refractivity contribution < 1.29 is 23.8 Å². The Bertz CT molecular complexity index is 1110. The van der Waals surface area contributed by atoms with Crippen molar-refractivity contribution in [2.24, 2.45) is 0 Å². The lowest BCUT2D eigenvalue weighted by molar-refractivity contribution is -0.384. The van der Waals surface area contributed by atoms with Crippen LogP contribution in [0.3, 0.4) is 0 Å². The van der Waals surface area contributed by atoms with Crippen LogP contribution in [0.2, 0.25) is 0 Å². The van der Waals surface area contributed by atoms with Gasteiger partial charge in [-0.25, -0.2) is 4.79 Å². The predicted molar refractivity (Wildman–Crippen MR) is 112 cm³/mol. The topological polar surface area (TPSA) is 128 Å². The van der Waals surface area contributed by atoms with Crippen molar-refractivity contribution >= 4 is 29.1 Å². The zero-order valence-corrected chi connectivity index (χ0v) is 17.1. The molecule has 3 rings (SSSR count). The first-order chi connectivity index (χ1) is 14.8. The molecule has 3 aromatic rings. The number of ether oxygens (including phenoxy) is 1. The molecule has 1 aromatic heterocycles. The third kappa shape index (κ3) is 5.04. The second kappa shape index (κ2) is 9.08. The van der Waals surface area contributed by atoms with Crippen LogP contribution in [-0.2, 0) is 9.53 Å². The zero-order valence-electron chi connectivity index (χ0n) is 17.1. The van der Waals surface area contributed by atoms with Crippen LogP contribution in [-0.4, -0.2) is 36.1 Å². The largest absolute Gasteiger partial charge is 0.444 e. The lowest BCUT2D eigenvalue weighted by Crippen LogP contribution is -2.26. The van der Waals surface area contributed by atoms with Gasteiger partial charge in [0, 0.05) is 31.8 Å². The molecular formula is C21H20N4O6. The second-order valence-corrected chi connectivity index (χ2v) is 6.86. The van der Waals surface area contributed by atoms with E-state index >= 15 is 0 Å². The van der Waals surface area contributed by atoms with Crippen molar-refractivity contribution in [2.75, 3.05) is 24.3 Å². The van der Waals surface area contributed by atoms with Crippen molar-refractivity contribution in [1.29, 1.82) is 0 Å². The van der Waals surface area contributed by atoms with Gasteiger partial charge in [0.25, 0.3) is 11.6 Å². The minimum Gasteiger partial charge on any atom is -0.444 e. The molecule has 2 aromatic carbocycles. The van der Waals surface area contributed by atoms with E-state index in [4.69, 9.17) is 9.26 Å². The maximum Gasteiger partial charge on any atom is 0.339 e. The van der Waals surface area contributed by atoms with Gasteiger partial charge in [-0.2, -0.15) is 0 Å². The number of benzene rings is 2. The van der Waals surface area contributed by atoms with E-state index in [2.05, 4.69) is 10.5 Å². The van der Waals surface area contributed by atoms with Crippen molar-refractivity contribution in [3.8, 4) is 0 Å². The third-order valence-corrected chi connectivity index (χ3v) is 4.33. The fourth-order valence-electron chi connectivity index (χ4n) is 2.87. The predicted octanol–water partition coefficient (Wildman–Crippen LogP) is 3.49. The summed E-state index contributed by atoms with van der Waals surface area (Å²) in [5, 5.41) is 17.6. The van der Waals surface area contributed by atoms with Crippen LogP contribution in [0.25, 0.3) is 0 Å². The smallest absolute Gasteiger partial charge is 0.339 e. The Morgan fingerprint density at radius 1 is 1.16 bits per heavy atom. The molecule has 0 fully saturated rings. The first-order valence-electron chi connectivity index (χ1n) is 9.22. The van der Waals surface area contributed by atoms with Gasteiger partial charge >= 0.3 is 5.97 Å². The number of nitro groups is 1. The van der Waals surface area contributed by atoms with Crippen LogP contribution >= 0.6 is 0 Å². The number of anilines is 2. The number of amides is 1. The van der Waals surface area contributed by atoms with Crippen LogP contribution in [0, 0.1) is 17.0 Å². The molecule has 0 aliphatic rings. The average molecular weight is 424 g/mol. The first-order valence-corrected chi connectivity index (χ1v) is 9.22. The van der Waals surface area contributed by atoms with Gasteiger partial charge in [-0.1, -0.05) is 35.5 Å². The summed E-state index contributed by atoms with van der Waals surface area (Å²) < 4.78 is 10.4. The summed E-state index contributed by atoms with van der Waals surface area (Å²) in [6, 6.07) is 13.9. The Kier molecular flexibility index (Phi) is 6.29. The third-order valence-electron chi connectivity index (χ3n) is 4.33. The monoisotopic (exact) mass is 424 g/mol. The van der Waals surface area contributed by atoms with Crippen molar-refractivity contribution in [1.82, 2.24) is 5.16 Å². The van der Waals surface area contributed by atoms with Crippen LogP contribution < -0.4 is 10.2 Å². The Morgan fingerprint density at radius 3 is 2.45 bits per heavy atom. The van der Waals surface area contributed by atoms with Gasteiger partial charge in [-0.3, -0.25) is 14.9 Å². The molecule has 1 atom stereocenters. The van der Waals surface area contributed by atoms with E-state index in [1.54, 1.807) is 56.3 Å². The van der Waals surface area contributed by atoms with Gasteiger partial charge in [0.05, 0.1) is 10.5 Å². The van der Waals surface area contributed by atoms with E-state index in [9.17, 15) is 19.7 Å². The number of aryl methyl sites for hydroxylation is 1. The fourth-order valence-corrected chi connectivity index (χ4v) is 2.87. The van der Waals surface area contributed by atoms with Gasteiger partial charge in [0.2, 0.25) is 6.10 Å². The van der Waals surface area contributed by atoms with E-state index < -0.39 is 22.9 Å². The Hall–Kier alpha value is -4.21. The standard InChI is InChI=1S/C21H20N4O6/c1-13-11-18(23-31-13)22-20(26)19(14-7-5-4-6-8-14)30-21(27)15-9-10-16(24(2)3)17(12-15)25(28)29/h4-12,19H,1-3H3,(H,22,23,26)/t19-/m0/s1. The van der Waals surface area contributed by atoms with E-state index in [1.807, 2.05) is 0 Å².